The second kappa shape index (κ2) is 6.40. The number of aromatic nitrogens is 1. The molecule has 0 bridgehead atoms. The molecule has 1 fully saturated rings. The average molecular weight is 334 g/mol. The van der Waals surface area contributed by atoms with Gasteiger partial charge in [0.1, 0.15) is 0 Å². The van der Waals surface area contributed by atoms with Gasteiger partial charge in [0.2, 0.25) is 0 Å². The Morgan fingerprint density at radius 1 is 1.45 bits per heavy atom. The summed E-state index contributed by atoms with van der Waals surface area (Å²) in [5, 5.41) is 15.1. The molecule has 0 saturated carbocycles. The zero-order chi connectivity index (χ0) is 15.6. The molecule has 4 nitrogen and oxygen atoms in total. The summed E-state index contributed by atoms with van der Waals surface area (Å²) in [6.45, 7) is 2.14. The van der Waals surface area contributed by atoms with Crippen LogP contribution in [-0.2, 0) is 0 Å². The van der Waals surface area contributed by atoms with Crippen LogP contribution < -0.4 is 5.32 Å². The Hall–Kier alpha value is -1.37. The Labute approximate surface area is 138 Å². The van der Waals surface area contributed by atoms with Crippen molar-refractivity contribution in [1.29, 1.82) is 0 Å². The molecule has 1 amide bonds. The first-order valence-electron chi connectivity index (χ1n) is 7.17. The molecule has 116 valence electrons. The fourth-order valence-electron chi connectivity index (χ4n) is 2.44. The molecule has 6 heteroatoms. The van der Waals surface area contributed by atoms with Crippen LogP contribution in [-0.4, -0.2) is 39.6 Å². The lowest BCUT2D eigenvalue weighted by molar-refractivity contribution is 0.0612. The number of carbonyl (C=O) groups is 1. The number of rotatable bonds is 4. The number of aryl methyl sites for hydroxylation is 1. The van der Waals surface area contributed by atoms with E-state index >= 15 is 0 Å². The topological polar surface area (TPSA) is 62.2 Å². The maximum Gasteiger partial charge on any atom is 0.253 e. The predicted molar refractivity (Wildman–Crippen MR) is 91.5 cm³/mol. The van der Waals surface area contributed by atoms with Crippen molar-refractivity contribution in [2.45, 2.75) is 18.9 Å². The first kappa shape index (κ1) is 15.5. The van der Waals surface area contributed by atoms with E-state index in [2.05, 4.69) is 10.3 Å². The number of aliphatic hydroxyl groups is 1. The fraction of sp³-hybridized carbons (Fsp3) is 0.375. The Kier molecular flexibility index (Phi) is 4.52. The van der Waals surface area contributed by atoms with E-state index in [-0.39, 0.29) is 5.91 Å². The van der Waals surface area contributed by atoms with Crippen LogP contribution in [0.25, 0.3) is 10.6 Å². The van der Waals surface area contributed by atoms with Crippen LogP contribution in [0.15, 0.2) is 29.6 Å². The number of thioether (sulfide) groups is 1. The van der Waals surface area contributed by atoms with Gasteiger partial charge in [-0.2, -0.15) is 11.8 Å². The van der Waals surface area contributed by atoms with E-state index in [4.69, 9.17) is 0 Å². The summed E-state index contributed by atoms with van der Waals surface area (Å²) in [6.07, 6.45) is 0.729. The minimum absolute atomic E-state index is 0.173. The van der Waals surface area contributed by atoms with Crippen LogP contribution in [0.2, 0.25) is 0 Å². The van der Waals surface area contributed by atoms with E-state index < -0.39 is 5.60 Å². The van der Waals surface area contributed by atoms with E-state index in [1.165, 1.54) is 0 Å². The van der Waals surface area contributed by atoms with Crippen LogP contribution >= 0.6 is 23.1 Å². The second-order valence-electron chi connectivity index (χ2n) is 5.52. The molecule has 1 unspecified atom stereocenters. The van der Waals surface area contributed by atoms with Gasteiger partial charge in [0, 0.05) is 12.3 Å². The number of nitrogens with one attached hydrogen (secondary N) is 1. The highest BCUT2D eigenvalue weighted by molar-refractivity contribution is 7.99. The summed E-state index contributed by atoms with van der Waals surface area (Å²) < 4.78 is 0. The molecule has 1 saturated heterocycles. The molecule has 22 heavy (non-hydrogen) atoms. The third-order valence-electron chi connectivity index (χ3n) is 3.76. The highest BCUT2D eigenvalue weighted by Crippen LogP contribution is 2.27. The van der Waals surface area contributed by atoms with Crippen LogP contribution in [0.4, 0.5) is 0 Å². The van der Waals surface area contributed by atoms with Crippen molar-refractivity contribution in [1.82, 2.24) is 10.3 Å². The molecule has 0 aromatic carbocycles. The third kappa shape index (κ3) is 3.34. The molecular weight excluding hydrogens is 316 g/mol. The normalized spacial score (nSPS) is 21.0. The summed E-state index contributed by atoms with van der Waals surface area (Å²) in [4.78, 5) is 17.9. The molecule has 0 aliphatic carbocycles. The monoisotopic (exact) mass is 334 g/mol. The number of hydrogen-bond acceptors (Lipinski definition) is 5. The van der Waals surface area contributed by atoms with Crippen molar-refractivity contribution in [3.8, 4) is 10.6 Å². The molecule has 1 aliphatic rings. The third-order valence-corrected chi connectivity index (χ3v) is 5.89. The van der Waals surface area contributed by atoms with Crippen molar-refractivity contribution in [3.63, 3.8) is 0 Å². The molecule has 2 aromatic heterocycles. The lowest BCUT2D eigenvalue weighted by Gasteiger charge is -2.21. The highest BCUT2D eigenvalue weighted by atomic mass is 32.2. The molecule has 2 aromatic rings. The summed E-state index contributed by atoms with van der Waals surface area (Å²) in [5.41, 5.74) is 1.39. The quantitative estimate of drug-likeness (QED) is 0.902. The van der Waals surface area contributed by atoms with E-state index in [0.717, 1.165) is 22.7 Å². The maximum absolute atomic E-state index is 12.3. The van der Waals surface area contributed by atoms with Gasteiger partial charge in [-0.25, -0.2) is 0 Å². The fourth-order valence-corrected chi connectivity index (χ4v) is 4.43. The smallest absolute Gasteiger partial charge is 0.253 e. The van der Waals surface area contributed by atoms with Gasteiger partial charge < -0.3 is 10.4 Å². The van der Waals surface area contributed by atoms with Crippen LogP contribution in [0.1, 0.15) is 22.5 Å². The number of amides is 1. The Morgan fingerprint density at radius 3 is 2.95 bits per heavy atom. The van der Waals surface area contributed by atoms with Gasteiger partial charge in [-0.15, -0.1) is 11.3 Å². The maximum atomic E-state index is 12.3. The predicted octanol–water partition coefficient (Wildman–Crippen LogP) is 2.72. The summed E-state index contributed by atoms with van der Waals surface area (Å²) in [5.74, 6) is 1.46. The summed E-state index contributed by atoms with van der Waals surface area (Å²) in [7, 11) is 0. The second-order valence-corrected chi connectivity index (χ2v) is 7.57. The summed E-state index contributed by atoms with van der Waals surface area (Å²) in [6, 6.07) is 7.67. The number of carbonyl (C=O) groups excluding carboxylic acids is 1. The van der Waals surface area contributed by atoms with E-state index in [1.54, 1.807) is 29.2 Å². The molecule has 3 heterocycles. The van der Waals surface area contributed by atoms with Gasteiger partial charge in [-0.1, -0.05) is 6.07 Å². The standard InChI is InChI=1S/C16H18N2O2S2/c1-11-12(4-5-13(18-11)14-3-2-7-22-14)15(19)17-9-16(20)6-8-21-10-16/h2-5,7,20H,6,8-10H2,1H3,(H,17,19). The van der Waals surface area contributed by atoms with Gasteiger partial charge in [0.15, 0.2) is 0 Å². The van der Waals surface area contributed by atoms with Crippen LogP contribution in [0.3, 0.4) is 0 Å². The van der Waals surface area contributed by atoms with E-state index in [0.29, 0.717) is 23.6 Å². The van der Waals surface area contributed by atoms with Gasteiger partial charge in [-0.05, 0) is 42.7 Å². The molecule has 1 atom stereocenters. The molecule has 3 rings (SSSR count). The van der Waals surface area contributed by atoms with Crippen LogP contribution in [0.5, 0.6) is 0 Å². The van der Waals surface area contributed by atoms with E-state index in [9.17, 15) is 9.90 Å². The van der Waals surface area contributed by atoms with Crippen molar-refractivity contribution in [2.24, 2.45) is 0 Å². The lowest BCUT2D eigenvalue weighted by atomic mass is 10.0. The van der Waals surface area contributed by atoms with Gasteiger partial charge in [0.25, 0.3) is 5.91 Å². The number of thiophene rings is 1. The minimum atomic E-state index is -0.765. The molecule has 0 spiro atoms. The first-order chi connectivity index (χ1) is 10.6. The molecular formula is C16H18N2O2S2. The van der Waals surface area contributed by atoms with Crippen LogP contribution in [0, 0.1) is 6.92 Å². The first-order valence-corrected chi connectivity index (χ1v) is 9.21. The minimum Gasteiger partial charge on any atom is -0.387 e. The number of pyridine rings is 1. The average Bonchev–Trinajstić information content (AvgIpc) is 3.17. The Balaban J connectivity index is 1.70. The Bertz CT molecular complexity index is 665. The van der Waals surface area contributed by atoms with Crippen molar-refractivity contribution >= 4 is 29.0 Å². The SMILES string of the molecule is Cc1nc(-c2cccs2)ccc1C(=O)NCC1(O)CCSC1. The molecule has 0 radical (unpaired) electrons. The lowest BCUT2D eigenvalue weighted by Crippen LogP contribution is -2.43. The molecule has 1 aliphatic heterocycles. The number of hydrogen-bond donors (Lipinski definition) is 2. The van der Waals surface area contributed by atoms with Gasteiger partial charge in [0.05, 0.1) is 27.4 Å². The van der Waals surface area contributed by atoms with Crippen molar-refractivity contribution in [2.75, 3.05) is 18.1 Å². The summed E-state index contributed by atoms with van der Waals surface area (Å²) >= 11 is 3.35. The van der Waals surface area contributed by atoms with Gasteiger partial charge in [-0.3, -0.25) is 9.78 Å². The zero-order valence-electron chi connectivity index (χ0n) is 12.3. The highest BCUT2D eigenvalue weighted by Gasteiger charge is 2.32. The largest absolute Gasteiger partial charge is 0.387 e. The molecule has 2 N–H and O–H groups in total. The van der Waals surface area contributed by atoms with E-state index in [1.807, 2.05) is 30.5 Å². The van der Waals surface area contributed by atoms with Gasteiger partial charge >= 0.3 is 0 Å². The van der Waals surface area contributed by atoms with Crippen molar-refractivity contribution in [3.05, 3.63) is 40.9 Å². The zero-order valence-corrected chi connectivity index (χ0v) is 14.0. The van der Waals surface area contributed by atoms with Crippen molar-refractivity contribution < 1.29 is 9.90 Å². The Morgan fingerprint density at radius 2 is 2.32 bits per heavy atom. The number of nitrogens with zero attached hydrogens (tertiary/aromatic N) is 1.